The maximum atomic E-state index is 12.3. The third kappa shape index (κ3) is 2.36. The van der Waals surface area contributed by atoms with E-state index in [4.69, 9.17) is 10.5 Å². The molecule has 1 aliphatic rings. The molecular weight excluding hydrogens is 254 g/mol. The lowest BCUT2D eigenvalue weighted by molar-refractivity contribution is 0.0206. The Labute approximate surface area is 117 Å². The first kappa shape index (κ1) is 13.0. The van der Waals surface area contributed by atoms with E-state index in [0.29, 0.717) is 17.8 Å². The van der Waals surface area contributed by atoms with E-state index in [-0.39, 0.29) is 11.5 Å². The number of benzene rings is 1. The zero-order valence-corrected chi connectivity index (χ0v) is 11.5. The second-order valence-electron chi connectivity index (χ2n) is 5.59. The molecule has 1 fully saturated rings. The van der Waals surface area contributed by atoms with Crippen molar-refractivity contribution in [1.82, 2.24) is 10.3 Å². The van der Waals surface area contributed by atoms with Gasteiger partial charge in [0, 0.05) is 35.9 Å². The molecule has 0 bridgehead atoms. The molecule has 0 spiro atoms. The van der Waals surface area contributed by atoms with Crippen molar-refractivity contribution < 1.29 is 9.53 Å². The Balaban J connectivity index is 1.77. The van der Waals surface area contributed by atoms with Gasteiger partial charge in [-0.15, -0.1) is 0 Å². The number of rotatable bonds is 3. The summed E-state index contributed by atoms with van der Waals surface area (Å²) in [7, 11) is 0. The van der Waals surface area contributed by atoms with Gasteiger partial charge in [0.15, 0.2) is 0 Å². The Bertz CT molecular complexity index is 642. The van der Waals surface area contributed by atoms with Gasteiger partial charge in [-0.1, -0.05) is 0 Å². The van der Waals surface area contributed by atoms with Crippen LogP contribution in [0.5, 0.6) is 0 Å². The number of aromatic nitrogens is 1. The van der Waals surface area contributed by atoms with Gasteiger partial charge >= 0.3 is 0 Å². The van der Waals surface area contributed by atoms with Crippen molar-refractivity contribution in [3.63, 3.8) is 0 Å². The van der Waals surface area contributed by atoms with Crippen molar-refractivity contribution in [2.75, 3.05) is 18.9 Å². The van der Waals surface area contributed by atoms with Crippen LogP contribution < -0.4 is 11.1 Å². The number of H-pyrrole nitrogens is 1. The molecule has 1 aromatic heterocycles. The Morgan fingerprint density at radius 2 is 2.40 bits per heavy atom. The third-order valence-electron chi connectivity index (χ3n) is 3.87. The second-order valence-corrected chi connectivity index (χ2v) is 5.59. The highest BCUT2D eigenvalue weighted by molar-refractivity contribution is 6.07. The minimum absolute atomic E-state index is 0.0985. The van der Waals surface area contributed by atoms with Gasteiger partial charge in [0.05, 0.1) is 11.2 Å². The van der Waals surface area contributed by atoms with Crippen LogP contribution in [0.25, 0.3) is 10.9 Å². The summed E-state index contributed by atoms with van der Waals surface area (Å²) in [5.74, 6) is -0.0985. The summed E-state index contributed by atoms with van der Waals surface area (Å²) < 4.78 is 5.67. The predicted molar refractivity (Wildman–Crippen MR) is 78.6 cm³/mol. The first-order valence-electron chi connectivity index (χ1n) is 6.86. The van der Waals surface area contributed by atoms with Crippen molar-refractivity contribution in [3.05, 3.63) is 30.0 Å². The number of hydrogen-bond donors (Lipinski definition) is 3. The number of anilines is 1. The van der Waals surface area contributed by atoms with Crippen LogP contribution in [0.2, 0.25) is 0 Å². The minimum Gasteiger partial charge on any atom is -0.399 e. The maximum absolute atomic E-state index is 12.3. The highest BCUT2D eigenvalue weighted by Gasteiger charge is 2.30. The van der Waals surface area contributed by atoms with Gasteiger partial charge in [-0.3, -0.25) is 4.79 Å². The van der Waals surface area contributed by atoms with E-state index in [1.54, 1.807) is 6.20 Å². The SMILES string of the molecule is CC1(CNC(=O)c2c[nH]c3ccc(N)cc23)CCCO1. The zero-order chi connectivity index (χ0) is 14.2. The van der Waals surface area contributed by atoms with Crippen LogP contribution in [0, 0.1) is 0 Å². The first-order valence-corrected chi connectivity index (χ1v) is 6.86. The lowest BCUT2D eigenvalue weighted by atomic mass is 10.0. The predicted octanol–water partition coefficient (Wildman–Crippen LogP) is 2.05. The summed E-state index contributed by atoms with van der Waals surface area (Å²) in [6, 6.07) is 5.51. The number of nitrogens with one attached hydrogen (secondary N) is 2. The molecule has 5 nitrogen and oxygen atoms in total. The van der Waals surface area contributed by atoms with Crippen LogP contribution in [-0.4, -0.2) is 29.6 Å². The van der Waals surface area contributed by atoms with Crippen LogP contribution in [0.1, 0.15) is 30.1 Å². The Morgan fingerprint density at radius 3 is 3.15 bits per heavy atom. The zero-order valence-electron chi connectivity index (χ0n) is 11.5. The molecule has 5 heteroatoms. The van der Waals surface area contributed by atoms with E-state index in [1.807, 2.05) is 25.1 Å². The molecule has 0 aliphatic carbocycles. The molecule has 1 amide bonds. The number of hydrogen-bond acceptors (Lipinski definition) is 3. The summed E-state index contributed by atoms with van der Waals surface area (Å²) in [5.41, 5.74) is 7.73. The normalized spacial score (nSPS) is 22.2. The average molecular weight is 273 g/mol. The third-order valence-corrected chi connectivity index (χ3v) is 3.87. The van der Waals surface area contributed by atoms with Crippen molar-refractivity contribution in [3.8, 4) is 0 Å². The summed E-state index contributed by atoms with van der Waals surface area (Å²) in [6.07, 6.45) is 3.75. The number of ether oxygens (including phenoxy) is 1. The summed E-state index contributed by atoms with van der Waals surface area (Å²) in [5, 5.41) is 3.80. The topological polar surface area (TPSA) is 80.1 Å². The van der Waals surface area contributed by atoms with Gasteiger partial charge < -0.3 is 20.8 Å². The summed E-state index contributed by atoms with van der Waals surface area (Å²) >= 11 is 0. The van der Waals surface area contributed by atoms with Gasteiger partial charge in [-0.25, -0.2) is 0 Å². The molecular formula is C15H19N3O2. The fourth-order valence-corrected chi connectivity index (χ4v) is 2.66. The number of aromatic amines is 1. The molecule has 0 saturated carbocycles. The summed E-state index contributed by atoms with van der Waals surface area (Å²) in [6.45, 7) is 3.34. The van der Waals surface area contributed by atoms with Crippen LogP contribution in [0.4, 0.5) is 5.69 Å². The van der Waals surface area contributed by atoms with Gasteiger partial charge in [-0.05, 0) is 38.0 Å². The highest BCUT2D eigenvalue weighted by Crippen LogP contribution is 2.25. The molecule has 0 radical (unpaired) electrons. The maximum Gasteiger partial charge on any atom is 0.253 e. The van der Waals surface area contributed by atoms with E-state index < -0.39 is 0 Å². The van der Waals surface area contributed by atoms with E-state index in [2.05, 4.69) is 10.3 Å². The number of nitrogen functional groups attached to an aromatic ring is 1. The van der Waals surface area contributed by atoms with Gasteiger partial charge in [0.25, 0.3) is 5.91 Å². The fourth-order valence-electron chi connectivity index (χ4n) is 2.66. The lowest BCUT2D eigenvalue weighted by Gasteiger charge is -2.23. The van der Waals surface area contributed by atoms with E-state index in [1.165, 1.54) is 0 Å². The Hall–Kier alpha value is -2.01. The molecule has 1 saturated heterocycles. The molecule has 3 rings (SSSR count). The van der Waals surface area contributed by atoms with Crippen LogP contribution in [0.15, 0.2) is 24.4 Å². The van der Waals surface area contributed by atoms with E-state index in [9.17, 15) is 4.79 Å². The number of carbonyl (C=O) groups is 1. The van der Waals surface area contributed by atoms with Gasteiger partial charge in [-0.2, -0.15) is 0 Å². The number of amides is 1. The van der Waals surface area contributed by atoms with Crippen molar-refractivity contribution in [2.24, 2.45) is 0 Å². The van der Waals surface area contributed by atoms with Crippen LogP contribution >= 0.6 is 0 Å². The van der Waals surface area contributed by atoms with E-state index >= 15 is 0 Å². The molecule has 1 unspecified atom stereocenters. The lowest BCUT2D eigenvalue weighted by Crippen LogP contribution is -2.40. The number of fused-ring (bicyclic) bond motifs is 1. The minimum atomic E-state index is -0.235. The molecule has 1 aromatic carbocycles. The molecule has 106 valence electrons. The molecule has 1 aliphatic heterocycles. The van der Waals surface area contributed by atoms with Gasteiger partial charge in [0.2, 0.25) is 0 Å². The largest absolute Gasteiger partial charge is 0.399 e. The van der Waals surface area contributed by atoms with Crippen molar-refractivity contribution in [1.29, 1.82) is 0 Å². The standard InChI is InChI=1S/C15H19N3O2/c1-15(5-2-6-20-15)9-18-14(19)12-8-17-13-4-3-10(16)7-11(12)13/h3-4,7-8,17H,2,5-6,9,16H2,1H3,(H,18,19). The molecule has 20 heavy (non-hydrogen) atoms. The number of nitrogens with two attached hydrogens (primary N) is 1. The molecule has 1 atom stereocenters. The average Bonchev–Trinajstić information content (AvgIpc) is 3.03. The Kier molecular flexibility index (Phi) is 3.14. The molecule has 2 heterocycles. The Morgan fingerprint density at radius 1 is 1.55 bits per heavy atom. The molecule has 4 N–H and O–H groups in total. The number of carbonyl (C=O) groups excluding carboxylic acids is 1. The first-order chi connectivity index (χ1) is 9.57. The monoisotopic (exact) mass is 273 g/mol. The van der Waals surface area contributed by atoms with Crippen LogP contribution in [-0.2, 0) is 4.74 Å². The second kappa shape index (κ2) is 4.83. The van der Waals surface area contributed by atoms with Crippen molar-refractivity contribution in [2.45, 2.75) is 25.4 Å². The smallest absolute Gasteiger partial charge is 0.253 e. The quantitative estimate of drug-likeness (QED) is 0.749. The highest BCUT2D eigenvalue weighted by atomic mass is 16.5. The summed E-state index contributed by atoms with van der Waals surface area (Å²) in [4.78, 5) is 15.4. The van der Waals surface area contributed by atoms with Crippen molar-refractivity contribution >= 4 is 22.5 Å². The van der Waals surface area contributed by atoms with Gasteiger partial charge in [0.1, 0.15) is 0 Å². The van der Waals surface area contributed by atoms with E-state index in [0.717, 1.165) is 30.4 Å². The molecule has 2 aromatic rings. The fraction of sp³-hybridized carbons (Fsp3) is 0.400. The van der Waals surface area contributed by atoms with Crippen LogP contribution in [0.3, 0.4) is 0 Å².